The van der Waals surface area contributed by atoms with Crippen LogP contribution in [-0.2, 0) is 0 Å². The van der Waals surface area contributed by atoms with E-state index in [-0.39, 0.29) is 0 Å². The molecule has 0 spiro atoms. The summed E-state index contributed by atoms with van der Waals surface area (Å²) >= 11 is 0. The number of fused-ring (bicyclic) bond motifs is 7. The molecule has 0 aliphatic carbocycles. The van der Waals surface area contributed by atoms with Crippen molar-refractivity contribution in [3.05, 3.63) is 170 Å². The minimum absolute atomic E-state index is 1.15. The van der Waals surface area contributed by atoms with Crippen LogP contribution in [0.4, 0.5) is 0 Å². The molecule has 9 aromatic rings. The Labute approximate surface area is 255 Å². The van der Waals surface area contributed by atoms with Crippen LogP contribution in [0.5, 0.6) is 0 Å². The average Bonchev–Trinajstić information content (AvgIpc) is 3.62. The summed E-state index contributed by atoms with van der Waals surface area (Å²) in [6, 6.07) is 61.3. The van der Waals surface area contributed by atoms with Gasteiger partial charge >= 0.3 is 0 Å². The number of rotatable bonds is 4. The molecule has 2 heterocycles. The van der Waals surface area contributed by atoms with E-state index in [2.05, 4.69) is 179 Å². The van der Waals surface area contributed by atoms with Gasteiger partial charge in [-0.1, -0.05) is 133 Å². The SMILES string of the molecule is c1ccc(-c2cccc(-n3c4ccc5c6ccccc6n(-c6ccccc6)c5c4c4cccc(-c5ccccc5)c43)c2)cc1. The van der Waals surface area contributed by atoms with Crippen LogP contribution in [0.15, 0.2) is 170 Å². The molecule has 7 aromatic carbocycles. The Morgan fingerprint density at radius 3 is 1.70 bits per heavy atom. The lowest BCUT2D eigenvalue weighted by Crippen LogP contribution is -1.96. The van der Waals surface area contributed by atoms with Gasteiger partial charge in [-0.3, -0.25) is 0 Å². The zero-order chi connectivity index (χ0) is 29.0. The Kier molecular flexibility index (Phi) is 5.54. The van der Waals surface area contributed by atoms with Crippen molar-refractivity contribution in [1.29, 1.82) is 0 Å². The van der Waals surface area contributed by atoms with Crippen molar-refractivity contribution >= 4 is 43.6 Å². The molecule has 0 unspecified atom stereocenters. The fraction of sp³-hybridized carbons (Fsp3) is 0. The van der Waals surface area contributed by atoms with Gasteiger partial charge in [0.1, 0.15) is 0 Å². The van der Waals surface area contributed by atoms with E-state index >= 15 is 0 Å². The molecular weight excluding hydrogens is 532 g/mol. The van der Waals surface area contributed by atoms with E-state index < -0.39 is 0 Å². The molecule has 0 fully saturated rings. The first-order valence-corrected chi connectivity index (χ1v) is 15.1. The molecule has 2 aromatic heterocycles. The summed E-state index contributed by atoms with van der Waals surface area (Å²) < 4.78 is 4.93. The van der Waals surface area contributed by atoms with Crippen LogP contribution in [0.3, 0.4) is 0 Å². The van der Waals surface area contributed by atoms with Crippen molar-refractivity contribution in [3.8, 4) is 33.6 Å². The fourth-order valence-corrected chi connectivity index (χ4v) is 7.02. The smallest absolute Gasteiger partial charge is 0.0641 e. The van der Waals surface area contributed by atoms with Crippen molar-refractivity contribution in [2.45, 2.75) is 0 Å². The van der Waals surface area contributed by atoms with E-state index in [1.165, 1.54) is 65.9 Å². The fourth-order valence-electron chi connectivity index (χ4n) is 7.02. The predicted molar refractivity (Wildman–Crippen MR) is 186 cm³/mol. The van der Waals surface area contributed by atoms with Gasteiger partial charge in [-0.05, 0) is 53.1 Å². The molecule has 0 N–H and O–H groups in total. The van der Waals surface area contributed by atoms with Gasteiger partial charge < -0.3 is 9.13 Å². The van der Waals surface area contributed by atoms with Crippen molar-refractivity contribution in [2.75, 3.05) is 0 Å². The number of aromatic nitrogens is 2. The van der Waals surface area contributed by atoms with Crippen molar-refractivity contribution < 1.29 is 0 Å². The van der Waals surface area contributed by atoms with E-state index in [1.54, 1.807) is 0 Å². The Bertz CT molecular complexity index is 2470. The molecule has 0 radical (unpaired) electrons. The van der Waals surface area contributed by atoms with Crippen molar-refractivity contribution in [2.24, 2.45) is 0 Å². The number of nitrogens with zero attached hydrogens (tertiary/aromatic N) is 2. The Balaban J connectivity index is 1.48. The van der Waals surface area contributed by atoms with Crippen LogP contribution in [0.25, 0.3) is 77.2 Å². The summed E-state index contributed by atoms with van der Waals surface area (Å²) in [6.07, 6.45) is 0. The monoisotopic (exact) mass is 560 g/mol. The van der Waals surface area contributed by atoms with E-state index in [0.29, 0.717) is 0 Å². The van der Waals surface area contributed by atoms with Crippen LogP contribution in [-0.4, -0.2) is 9.13 Å². The zero-order valence-electron chi connectivity index (χ0n) is 24.1. The molecule has 206 valence electrons. The quantitative estimate of drug-likeness (QED) is 0.203. The van der Waals surface area contributed by atoms with Crippen LogP contribution >= 0.6 is 0 Å². The third kappa shape index (κ3) is 3.68. The molecule has 2 heteroatoms. The summed E-state index contributed by atoms with van der Waals surface area (Å²) in [5, 5.41) is 5.04. The maximum atomic E-state index is 2.48. The summed E-state index contributed by atoms with van der Waals surface area (Å²) in [6.45, 7) is 0. The average molecular weight is 561 g/mol. The minimum atomic E-state index is 1.15. The standard InChI is InChI=1S/C42H28N2/c1-4-14-29(15-5-1)31-18-12-21-33(28-31)44-39-27-26-36-35-22-10-11-25-38(35)43(32-19-8-3-9-20-32)42(36)40(39)37-24-13-23-34(41(37)44)30-16-6-2-7-17-30/h1-28H. The highest BCUT2D eigenvalue weighted by molar-refractivity contribution is 6.27. The molecule has 0 bridgehead atoms. The van der Waals surface area contributed by atoms with Crippen LogP contribution in [0.1, 0.15) is 0 Å². The Hall–Kier alpha value is -5.86. The van der Waals surface area contributed by atoms with E-state index in [1.807, 2.05) is 0 Å². The summed E-state index contributed by atoms with van der Waals surface area (Å²) in [7, 11) is 0. The normalized spacial score (nSPS) is 11.6. The van der Waals surface area contributed by atoms with E-state index in [0.717, 1.165) is 11.4 Å². The minimum Gasteiger partial charge on any atom is -0.309 e. The number of hydrogen-bond acceptors (Lipinski definition) is 0. The van der Waals surface area contributed by atoms with Gasteiger partial charge in [-0.25, -0.2) is 0 Å². The molecule has 0 atom stereocenters. The predicted octanol–water partition coefficient (Wildman–Crippen LogP) is 11.2. The molecule has 0 saturated heterocycles. The van der Waals surface area contributed by atoms with Gasteiger partial charge in [0.25, 0.3) is 0 Å². The third-order valence-electron chi connectivity index (χ3n) is 8.90. The van der Waals surface area contributed by atoms with Gasteiger partial charge in [-0.15, -0.1) is 0 Å². The van der Waals surface area contributed by atoms with Crippen LogP contribution in [0.2, 0.25) is 0 Å². The molecule has 9 rings (SSSR count). The Morgan fingerprint density at radius 1 is 0.318 bits per heavy atom. The highest BCUT2D eigenvalue weighted by atomic mass is 15.0. The zero-order valence-corrected chi connectivity index (χ0v) is 24.1. The first-order chi connectivity index (χ1) is 21.9. The van der Waals surface area contributed by atoms with Crippen LogP contribution < -0.4 is 0 Å². The van der Waals surface area contributed by atoms with E-state index in [9.17, 15) is 0 Å². The number of para-hydroxylation sites is 3. The second-order valence-electron chi connectivity index (χ2n) is 11.4. The van der Waals surface area contributed by atoms with Gasteiger partial charge in [-0.2, -0.15) is 0 Å². The molecule has 0 aliphatic rings. The van der Waals surface area contributed by atoms with Gasteiger partial charge in [0.05, 0.1) is 22.1 Å². The first-order valence-electron chi connectivity index (χ1n) is 15.1. The van der Waals surface area contributed by atoms with Crippen molar-refractivity contribution in [1.82, 2.24) is 9.13 Å². The maximum Gasteiger partial charge on any atom is 0.0641 e. The summed E-state index contributed by atoms with van der Waals surface area (Å²) in [5.41, 5.74) is 12.0. The van der Waals surface area contributed by atoms with Gasteiger partial charge in [0.15, 0.2) is 0 Å². The largest absolute Gasteiger partial charge is 0.309 e. The highest BCUT2D eigenvalue weighted by Gasteiger charge is 2.22. The van der Waals surface area contributed by atoms with Gasteiger partial charge in [0, 0.05) is 38.5 Å². The molecule has 0 saturated carbocycles. The lowest BCUT2D eigenvalue weighted by Gasteiger charge is -2.13. The highest BCUT2D eigenvalue weighted by Crippen LogP contribution is 2.44. The number of hydrogen-bond donors (Lipinski definition) is 0. The van der Waals surface area contributed by atoms with Crippen molar-refractivity contribution in [3.63, 3.8) is 0 Å². The summed E-state index contributed by atoms with van der Waals surface area (Å²) in [4.78, 5) is 0. The molecular formula is C42H28N2. The van der Waals surface area contributed by atoms with E-state index in [4.69, 9.17) is 0 Å². The molecule has 2 nitrogen and oxygen atoms in total. The lowest BCUT2D eigenvalue weighted by atomic mass is 10.0. The van der Waals surface area contributed by atoms with Gasteiger partial charge in [0.2, 0.25) is 0 Å². The van der Waals surface area contributed by atoms with Crippen LogP contribution in [0, 0.1) is 0 Å². The lowest BCUT2D eigenvalue weighted by molar-refractivity contribution is 1.17. The molecule has 0 aliphatic heterocycles. The second kappa shape index (κ2) is 9.86. The first kappa shape index (κ1) is 24.7. The maximum absolute atomic E-state index is 2.48. The summed E-state index contributed by atoms with van der Waals surface area (Å²) in [5.74, 6) is 0. The molecule has 44 heavy (non-hydrogen) atoms. The topological polar surface area (TPSA) is 9.86 Å². The second-order valence-corrected chi connectivity index (χ2v) is 11.4. The number of benzene rings is 7. The Morgan fingerprint density at radius 2 is 0.909 bits per heavy atom. The third-order valence-corrected chi connectivity index (χ3v) is 8.90. The molecule has 0 amide bonds.